The largest absolute Gasteiger partial charge is 0.487 e. The van der Waals surface area contributed by atoms with Gasteiger partial charge >= 0.3 is 0 Å². The number of fused-ring (bicyclic) bond motifs is 1. The molecule has 92 valence electrons. The van der Waals surface area contributed by atoms with Gasteiger partial charge in [-0.1, -0.05) is 18.2 Å². The van der Waals surface area contributed by atoms with Gasteiger partial charge in [-0.3, -0.25) is 9.78 Å². The van der Waals surface area contributed by atoms with Crippen molar-refractivity contribution in [2.24, 2.45) is 5.41 Å². The van der Waals surface area contributed by atoms with Crippen LogP contribution in [0, 0.1) is 5.41 Å². The van der Waals surface area contributed by atoms with Crippen molar-refractivity contribution >= 4 is 16.7 Å². The second-order valence-corrected chi connectivity index (χ2v) is 5.32. The van der Waals surface area contributed by atoms with E-state index in [-0.39, 0.29) is 17.3 Å². The van der Waals surface area contributed by atoms with E-state index in [1.165, 1.54) is 0 Å². The van der Waals surface area contributed by atoms with Gasteiger partial charge in [0.1, 0.15) is 17.6 Å². The van der Waals surface area contributed by atoms with Gasteiger partial charge in [0, 0.05) is 11.8 Å². The Kier molecular flexibility index (Phi) is 2.37. The van der Waals surface area contributed by atoms with Crippen molar-refractivity contribution in [1.29, 1.82) is 0 Å². The number of para-hydroxylation sites is 1. The third kappa shape index (κ3) is 1.67. The van der Waals surface area contributed by atoms with E-state index < -0.39 is 0 Å². The molecular formula is C15H15NO2. The summed E-state index contributed by atoms with van der Waals surface area (Å²) in [7, 11) is 0. The van der Waals surface area contributed by atoms with Crippen molar-refractivity contribution in [3.8, 4) is 5.75 Å². The van der Waals surface area contributed by atoms with Gasteiger partial charge in [-0.2, -0.15) is 0 Å². The van der Waals surface area contributed by atoms with Gasteiger partial charge in [-0.15, -0.1) is 0 Å². The van der Waals surface area contributed by atoms with Gasteiger partial charge in [-0.25, -0.2) is 0 Å². The molecule has 1 heterocycles. The van der Waals surface area contributed by atoms with Gasteiger partial charge in [0.15, 0.2) is 0 Å². The monoisotopic (exact) mass is 241 g/mol. The molecule has 1 aromatic heterocycles. The molecule has 0 radical (unpaired) electrons. The minimum Gasteiger partial charge on any atom is -0.487 e. The van der Waals surface area contributed by atoms with Crippen molar-refractivity contribution < 1.29 is 9.53 Å². The van der Waals surface area contributed by atoms with Crippen LogP contribution in [-0.4, -0.2) is 16.9 Å². The summed E-state index contributed by atoms with van der Waals surface area (Å²) in [5.74, 6) is 1.00. The van der Waals surface area contributed by atoms with Crippen LogP contribution in [0.4, 0.5) is 0 Å². The second kappa shape index (κ2) is 3.80. The number of ether oxygens (including phenoxy) is 1. The Bertz CT molecular complexity index is 619. The molecular weight excluding hydrogens is 226 g/mol. The van der Waals surface area contributed by atoms with Gasteiger partial charge in [0.05, 0.1) is 17.1 Å². The predicted molar refractivity (Wildman–Crippen MR) is 69.6 cm³/mol. The number of nitrogens with zero attached hydrogens (tertiary/aromatic N) is 1. The first-order valence-corrected chi connectivity index (χ1v) is 6.12. The van der Waals surface area contributed by atoms with E-state index in [1.807, 2.05) is 44.2 Å². The van der Waals surface area contributed by atoms with Gasteiger partial charge in [0.25, 0.3) is 0 Å². The molecule has 1 atom stereocenters. The molecule has 1 aliphatic carbocycles. The van der Waals surface area contributed by atoms with Crippen molar-refractivity contribution in [2.75, 3.05) is 0 Å². The summed E-state index contributed by atoms with van der Waals surface area (Å²) in [6.45, 7) is 3.86. The molecule has 3 heteroatoms. The third-order valence-corrected chi connectivity index (χ3v) is 3.74. The van der Waals surface area contributed by atoms with Crippen LogP contribution in [0.15, 0.2) is 36.5 Å². The normalized spacial score (nSPS) is 21.7. The quantitative estimate of drug-likeness (QED) is 0.811. The number of benzene rings is 1. The highest BCUT2D eigenvalue weighted by Crippen LogP contribution is 2.39. The maximum Gasteiger partial charge on any atom is 0.145 e. The van der Waals surface area contributed by atoms with E-state index in [1.54, 1.807) is 6.20 Å². The summed E-state index contributed by atoms with van der Waals surface area (Å²) in [4.78, 5) is 15.8. The summed E-state index contributed by atoms with van der Waals surface area (Å²) in [6, 6.07) is 9.89. The highest BCUT2D eigenvalue weighted by molar-refractivity contribution is 5.91. The predicted octanol–water partition coefficient (Wildman–Crippen LogP) is 2.98. The fourth-order valence-corrected chi connectivity index (χ4v) is 2.20. The third-order valence-electron chi connectivity index (χ3n) is 3.74. The fourth-order valence-electron chi connectivity index (χ4n) is 2.20. The Morgan fingerprint density at radius 1 is 1.33 bits per heavy atom. The average molecular weight is 241 g/mol. The number of ketones is 1. The van der Waals surface area contributed by atoms with Crippen molar-refractivity contribution in [1.82, 2.24) is 4.98 Å². The molecule has 3 nitrogen and oxygen atoms in total. The lowest BCUT2D eigenvalue weighted by Crippen LogP contribution is -2.52. The van der Waals surface area contributed by atoms with E-state index in [9.17, 15) is 4.79 Å². The molecule has 3 rings (SSSR count). The molecule has 0 aliphatic heterocycles. The maximum absolute atomic E-state index is 11.5. The molecule has 1 fully saturated rings. The first kappa shape index (κ1) is 11.2. The van der Waals surface area contributed by atoms with Gasteiger partial charge in [-0.05, 0) is 26.0 Å². The maximum atomic E-state index is 11.5. The minimum atomic E-state index is -0.369. The summed E-state index contributed by atoms with van der Waals surface area (Å²) >= 11 is 0. The van der Waals surface area contributed by atoms with Crippen LogP contribution in [0.2, 0.25) is 0 Å². The number of carbonyl (C=O) groups excluding carboxylic acids is 1. The van der Waals surface area contributed by atoms with Crippen LogP contribution in [-0.2, 0) is 4.79 Å². The highest BCUT2D eigenvalue weighted by Gasteiger charge is 2.49. The highest BCUT2D eigenvalue weighted by atomic mass is 16.5. The Morgan fingerprint density at radius 3 is 2.83 bits per heavy atom. The fraction of sp³-hybridized carbons (Fsp3) is 0.333. The zero-order chi connectivity index (χ0) is 12.8. The lowest BCUT2D eigenvalue weighted by molar-refractivity contribution is -0.148. The van der Waals surface area contributed by atoms with E-state index >= 15 is 0 Å². The van der Waals surface area contributed by atoms with Crippen molar-refractivity contribution in [3.63, 3.8) is 0 Å². The second-order valence-electron chi connectivity index (χ2n) is 5.32. The van der Waals surface area contributed by atoms with Gasteiger partial charge in [0.2, 0.25) is 0 Å². The smallest absolute Gasteiger partial charge is 0.145 e. The van der Waals surface area contributed by atoms with Gasteiger partial charge < -0.3 is 4.74 Å². The number of aromatic nitrogens is 1. The number of rotatable bonds is 2. The molecule has 1 aromatic carbocycles. The molecule has 0 spiro atoms. The van der Waals surface area contributed by atoms with Crippen molar-refractivity contribution in [3.05, 3.63) is 36.5 Å². The zero-order valence-corrected chi connectivity index (χ0v) is 10.5. The molecule has 18 heavy (non-hydrogen) atoms. The SMILES string of the molecule is CC1(C)C(=O)CC1Oc1cnc2ccccc2c1. The van der Waals surface area contributed by atoms with E-state index in [0.717, 1.165) is 16.7 Å². The molecule has 0 saturated heterocycles. The molecule has 0 amide bonds. The van der Waals surface area contributed by atoms with Crippen LogP contribution < -0.4 is 4.74 Å². The standard InChI is InChI=1S/C15H15NO2/c1-15(2)13(17)8-14(15)18-11-7-10-5-3-4-6-12(10)16-9-11/h3-7,9,14H,8H2,1-2H3. The molecule has 1 saturated carbocycles. The number of hydrogen-bond acceptors (Lipinski definition) is 3. The Hall–Kier alpha value is -1.90. The number of pyridine rings is 1. The Morgan fingerprint density at radius 2 is 2.11 bits per heavy atom. The summed E-state index contributed by atoms with van der Waals surface area (Å²) < 4.78 is 5.86. The lowest BCUT2D eigenvalue weighted by atomic mass is 9.68. The van der Waals surface area contributed by atoms with Crippen LogP contribution in [0.3, 0.4) is 0 Å². The number of hydrogen-bond donors (Lipinski definition) is 0. The average Bonchev–Trinajstić information content (AvgIpc) is 2.38. The molecule has 2 aromatic rings. The van der Waals surface area contributed by atoms with Crippen LogP contribution >= 0.6 is 0 Å². The molecule has 1 aliphatic rings. The summed E-state index contributed by atoms with van der Waals surface area (Å²) in [5.41, 5.74) is 0.583. The molecule has 0 N–H and O–H groups in total. The van der Waals surface area contributed by atoms with Crippen LogP contribution in [0.1, 0.15) is 20.3 Å². The molecule has 1 unspecified atom stereocenters. The topological polar surface area (TPSA) is 39.2 Å². The van der Waals surface area contributed by atoms with Crippen molar-refractivity contribution in [2.45, 2.75) is 26.4 Å². The first-order valence-electron chi connectivity index (χ1n) is 6.12. The van der Waals surface area contributed by atoms with E-state index in [4.69, 9.17) is 4.74 Å². The van der Waals surface area contributed by atoms with E-state index in [0.29, 0.717) is 6.42 Å². The summed E-state index contributed by atoms with van der Waals surface area (Å²) in [6.07, 6.45) is 2.19. The number of carbonyl (C=O) groups is 1. The first-order chi connectivity index (χ1) is 8.57. The van der Waals surface area contributed by atoms with E-state index in [2.05, 4.69) is 4.98 Å². The summed E-state index contributed by atoms with van der Waals surface area (Å²) in [5, 5.41) is 1.05. The molecule has 0 bridgehead atoms. The van der Waals surface area contributed by atoms with Crippen LogP contribution in [0.5, 0.6) is 5.75 Å². The Balaban J connectivity index is 1.86. The van der Waals surface area contributed by atoms with Crippen LogP contribution in [0.25, 0.3) is 10.9 Å². The Labute approximate surface area is 106 Å². The zero-order valence-electron chi connectivity index (χ0n) is 10.5. The minimum absolute atomic E-state index is 0.0343. The lowest BCUT2D eigenvalue weighted by Gasteiger charge is -2.41. The number of Topliss-reactive ketones (excluding diaryl/α,β-unsaturated/α-hetero) is 1.